The molecule has 0 bridgehead atoms. The largest absolute Gasteiger partial charge is 0.481 e. The standard InChI is InChI=1S/C15H22N2O6S/c1-9(15(19)20)10(2)16-14(18)12-8-13(11(3)23-12)24(21,22)17-6-4-5-7-17/h8-10H,4-7H2,1-3H3,(H,16,18)(H,19,20). The molecule has 0 radical (unpaired) electrons. The summed E-state index contributed by atoms with van der Waals surface area (Å²) in [5, 5.41) is 11.5. The molecule has 0 aliphatic carbocycles. The van der Waals surface area contributed by atoms with Gasteiger partial charge in [0, 0.05) is 25.2 Å². The average molecular weight is 358 g/mol. The quantitative estimate of drug-likeness (QED) is 0.789. The van der Waals surface area contributed by atoms with E-state index in [-0.39, 0.29) is 16.4 Å². The predicted octanol–water partition coefficient (Wildman–Crippen LogP) is 1.21. The molecule has 2 heterocycles. The third-order valence-electron chi connectivity index (χ3n) is 4.28. The van der Waals surface area contributed by atoms with Gasteiger partial charge in [0.15, 0.2) is 5.76 Å². The summed E-state index contributed by atoms with van der Waals surface area (Å²) in [6, 6.07) is 0.579. The Balaban J connectivity index is 2.19. The molecule has 24 heavy (non-hydrogen) atoms. The number of furan rings is 1. The molecule has 0 saturated carbocycles. The van der Waals surface area contributed by atoms with Gasteiger partial charge in [-0.1, -0.05) is 0 Å². The van der Waals surface area contributed by atoms with Gasteiger partial charge in [-0.25, -0.2) is 8.42 Å². The Hall–Kier alpha value is -1.87. The zero-order valence-electron chi connectivity index (χ0n) is 13.9. The molecule has 1 aromatic rings. The van der Waals surface area contributed by atoms with Crippen LogP contribution in [-0.4, -0.2) is 48.8 Å². The van der Waals surface area contributed by atoms with Crippen molar-refractivity contribution < 1.29 is 27.5 Å². The van der Waals surface area contributed by atoms with Crippen LogP contribution < -0.4 is 5.32 Å². The summed E-state index contributed by atoms with van der Waals surface area (Å²) in [5.74, 6) is -2.45. The minimum atomic E-state index is -3.67. The van der Waals surface area contributed by atoms with E-state index in [2.05, 4.69) is 5.32 Å². The van der Waals surface area contributed by atoms with Gasteiger partial charge < -0.3 is 14.8 Å². The molecule has 2 N–H and O–H groups in total. The second kappa shape index (κ2) is 6.94. The van der Waals surface area contributed by atoms with E-state index in [9.17, 15) is 18.0 Å². The summed E-state index contributed by atoms with van der Waals surface area (Å²) in [6.07, 6.45) is 1.63. The number of carboxylic acid groups (broad SMARTS) is 1. The average Bonchev–Trinajstić information content (AvgIpc) is 3.15. The lowest BCUT2D eigenvalue weighted by molar-refractivity contribution is -0.141. The van der Waals surface area contributed by atoms with Gasteiger partial charge in [0.25, 0.3) is 5.91 Å². The summed E-state index contributed by atoms with van der Waals surface area (Å²) in [7, 11) is -3.67. The summed E-state index contributed by atoms with van der Waals surface area (Å²) in [4.78, 5) is 23.1. The van der Waals surface area contributed by atoms with Gasteiger partial charge in [-0.3, -0.25) is 9.59 Å². The van der Waals surface area contributed by atoms with Gasteiger partial charge >= 0.3 is 5.97 Å². The Bertz CT molecular complexity index is 733. The van der Waals surface area contributed by atoms with Gasteiger partial charge in [-0.15, -0.1) is 0 Å². The van der Waals surface area contributed by atoms with Crippen molar-refractivity contribution >= 4 is 21.9 Å². The van der Waals surface area contributed by atoms with Crippen LogP contribution >= 0.6 is 0 Å². The van der Waals surface area contributed by atoms with Gasteiger partial charge in [0.05, 0.1) is 5.92 Å². The van der Waals surface area contributed by atoms with Crippen LogP contribution in [0.2, 0.25) is 0 Å². The van der Waals surface area contributed by atoms with Crippen molar-refractivity contribution in [3.05, 3.63) is 17.6 Å². The molecular formula is C15H22N2O6S. The zero-order valence-corrected chi connectivity index (χ0v) is 14.7. The number of hydrogen-bond acceptors (Lipinski definition) is 5. The number of sulfonamides is 1. The molecule has 2 rings (SSSR count). The number of carbonyl (C=O) groups is 2. The van der Waals surface area contributed by atoms with Crippen LogP contribution in [0.15, 0.2) is 15.4 Å². The number of nitrogens with one attached hydrogen (secondary N) is 1. The van der Waals surface area contributed by atoms with Crippen molar-refractivity contribution in [1.29, 1.82) is 0 Å². The Morgan fingerprint density at radius 3 is 2.42 bits per heavy atom. The third kappa shape index (κ3) is 3.62. The Kier molecular flexibility index (Phi) is 5.34. The molecule has 0 aromatic carbocycles. The van der Waals surface area contributed by atoms with Crippen molar-refractivity contribution in [2.24, 2.45) is 5.92 Å². The van der Waals surface area contributed by atoms with Crippen LogP contribution in [0, 0.1) is 12.8 Å². The number of aliphatic carboxylic acids is 1. The van der Waals surface area contributed by atoms with E-state index in [0.717, 1.165) is 12.8 Å². The fourth-order valence-corrected chi connectivity index (χ4v) is 4.20. The molecule has 2 atom stereocenters. The van der Waals surface area contributed by atoms with Crippen molar-refractivity contribution in [1.82, 2.24) is 9.62 Å². The lowest BCUT2D eigenvalue weighted by Gasteiger charge is -2.16. The first-order chi connectivity index (χ1) is 11.1. The maximum absolute atomic E-state index is 12.6. The summed E-state index contributed by atoms with van der Waals surface area (Å²) in [6.45, 7) is 5.45. The minimum absolute atomic E-state index is 0.0199. The molecule has 1 aliphatic rings. The van der Waals surface area contributed by atoms with Crippen LogP contribution in [0.4, 0.5) is 0 Å². The lowest BCUT2D eigenvalue weighted by atomic mass is 10.0. The van der Waals surface area contributed by atoms with Crippen LogP contribution in [0.3, 0.4) is 0 Å². The van der Waals surface area contributed by atoms with E-state index >= 15 is 0 Å². The number of hydrogen-bond donors (Lipinski definition) is 2. The first-order valence-electron chi connectivity index (χ1n) is 7.79. The number of nitrogens with zero attached hydrogens (tertiary/aromatic N) is 1. The molecule has 9 heteroatoms. The fourth-order valence-electron chi connectivity index (χ4n) is 2.52. The Labute approximate surface area is 140 Å². The van der Waals surface area contributed by atoms with Crippen molar-refractivity contribution in [3.63, 3.8) is 0 Å². The van der Waals surface area contributed by atoms with E-state index in [1.54, 1.807) is 6.92 Å². The first-order valence-corrected chi connectivity index (χ1v) is 9.23. The highest BCUT2D eigenvalue weighted by Crippen LogP contribution is 2.26. The second-order valence-corrected chi connectivity index (χ2v) is 7.94. The van der Waals surface area contributed by atoms with E-state index in [0.29, 0.717) is 13.1 Å². The number of aryl methyl sites for hydroxylation is 1. The monoisotopic (exact) mass is 358 g/mol. The summed E-state index contributed by atoms with van der Waals surface area (Å²) < 4.78 is 31.8. The van der Waals surface area contributed by atoms with Crippen molar-refractivity contribution in [3.8, 4) is 0 Å². The van der Waals surface area contributed by atoms with Crippen LogP contribution in [0.25, 0.3) is 0 Å². The number of amides is 1. The molecule has 8 nitrogen and oxygen atoms in total. The van der Waals surface area contributed by atoms with Crippen LogP contribution in [0.1, 0.15) is 43.0 Å². The molecule has 1 saturated heterocycles. The van der Waals surface area contributed by atoms with Crippen LogP contribution in [0.5, 0.6) is 0 Å². The highest BCUT2D eigenvalue weighted by Gasteiger charge is 2.32. The van der Waals surface area contributed by atoms with E-state index in [4.69, 9.17) is 9.52 Å². The van der Waals surface area contributed by atoms with Gasteiger partial charge in [-0.05, 0) is 33.6 Å². The SMILES string of the molecule is Cc1oc(C(=O)NC(C)C(C)C(=O)O)cc1S(=O)(=O)N1CCCC1. The van der Waals surface area contributed by atoms with Crippen molar-refractivity contribution in [2.45, 2.75) is 44.6 Å². The fraction of sp³-hybridized carbons (Fsp3) is 0.600. The predicted molar refractivity (Wildman–Crippen MR) is 85.2 cm³/mol. The molecule has 0 spiro atoms. The lowest BCUT2D eigenvalue weighted by Crippen LogP contribution is -2.39. The zero-order chi connectivity index (χ0) is 18.1. The number of carbonyl (C=O) groups excluding carboxylic acids is 1. The highest BCUT2D eigenvalue weighted by atomic mass is 32.2. The van der Waals surface area contributed by atoms with E-state index in [1.165, 1.54) is 24.2 Å². The second-order valence-electron chi connectivity index (χ2n) is 6.03. The van der Waals surface area contributed by atoms with Crippen molar-refractivity contribution in [2.75, 3.05) is 13.1 Å². The summed E-state index contributed by atoms with van der Waals surface area (Å²) in [5.41, 5.74) is 0. The molecule has 1 aliphatic heterocycles. The molecule has 1 amide bonds. The smallest absolute Gasteiger partial charge is 0.308 e. The molecule has 1 aromatic heterocycles. The molecular weight excluding hydrogens is 336 g/mol. The maximum atomic E-state index is 12.6. The van der Waals surface area contributed by atoms with E-state index in [1.807, 2.05) is 0 Å². The summed E-state index contributed by atoms with van der Waals surface area (Å²) >= 11 is 0. The number of rotatable bonds is 6. The third-order valence-corrected chi connectivity index (χ3v) is 6.28. The van der Waals surface area contributed by atoms with Gasteiger partial charge in [0.2, 0.25) is 10.0 Å². The topological polar surface area (TPSA) is 117 Å². The number of carboxylic acids is 1. The maximum Gasteiger partial charge on any atom is 0.308 e. The van der Waals surface area contributed by atoms with Crippen LogP contribution in [-0.2, 0) is 14.8 Å². The Morgan fingerprint density at radius 1 is 1.29 bits per heavy atom. The van der Waals surface area contributed by atoms with Gasteiger partial charge in [0.1, 0.15) is 10.7 Å². The normalized spacial score (nSPS) is 18.3. The van der Waals surface area contributed by atoms with Gasteiger partial charge in [-0.2, -0.15) is 4.31 Å². The Morgan fingerprint density at radius 2 is 1.88 bits per heavy atom. The molecule has 134 valence electrons. The minimum Gasteiger partial charge on any atom is -0.481 e. The van der Waals surface area contributed by atoms with E-state index < -0.39 is 33.9 Å². The first kappa shape index (κ1) is 18.5. The molecule has 1 fully saturated rings. The highest BCUT2D eigenvalue weighted by molar-refractivity contribution is 7.89. The molecule has 2 unspecified atom stereocenters.